The van der Waals surface area contributed by atoms with E-state index in [0.29, 0.717) is 23.8 Å². The molecular weight excluding hydrogens is 302 g/mol. The summed E-state index contributed by atoms with van der Waals surface area (Å²) in [5, 5.41) is 6.32. The van der Waals surface area contributed by atoms with Crippen molar-refractivity contribution in [1.82, 2.24) is 5.32 Å². The quantitative estimate of drug-likeness (QED) is 0.719. The van der Waals surface area contributed by atoms with Crippen molar-refractivity contribution in [2.45, 2.75) is 32.5 Å². The Morgan fingerprint density at radius 2 is 1.91 bits per heavy atom. The van der Waals surface area contributed by atoms with Crippen LogP contribution in [0.3, 0.4) is 0 Å². The average Bonchev–Trinajstić information content (AvgIpc) is 2.45. The number of anilines is 1. The van der Waals surface area contributed by atoms with Gasteiger partial charge in [-0.3, -0.25) is 0 Å². The molecule has 3 N–H and O–H groups in total. The third kappa shape index (κ3) is 5.83. The van der Waals surface area contributed by atoms with Gasteiger partial charge in [-0.1, -0.05) is 11.6 Å². The number of morpholine rings is 1. The van der Waals surface area contributed by atoms with Crippen molar-refractivity contribution in [3.63, 3.8) is 0 Å². The van der Waals surface area contributed by atoms with E-state index in [4.69, 9.17) is 16.3 Å². The van der Waals surface area contributed by atoms with E-state index in [9.17, 15) is 4.79 Å². The summed E-state index contributed by atoms with van der Waals surface area (Å²) < 4.78 is 5.73. The smallest absolute Gasteiger partial charge is 0.319 e. The Bertz CT molecular complexity index is 471. The SMILES string of the molecule is C[C@@H]1C[NH+](CCCNC(=O)Nc2ccc(Cl)cc2)C[C@@H](C)O1. The van der Waals surface area contributed by atoms with Crippen molar-refractivity contribution in [3.8, 4) is 0 Å². The molecule has 1 aliphatic rings. The topological polar surface area (TPSA) is 54.8 Å². The minimum absolute atomic E-state index is 0.180. The van der Waals surface area contributed by atoms with Crippen molar-refractivity contribution in [3.05, 3.63) is 29.3 Å². The van der Waals surface area contributed by atoms with E-state index in [1.54, 1.807) is 29.2 Å². The fourth-order valence-electron chi connectivity index (χ4n) is 2.84. The van der Waals surface area contributed by atoms with Gasteiger partial charge in [-0.15, -0.1) is 0 Å². The van der Waals surface area contributed by atoms with Crippen LogP contribution in [0.5, 0.6) is 0 Å². The Labute approximate surface area is 137 Å². The van der Waals surface area contributed by atoms with Crippen molar-refractivity contribution in [2.75, 3.05) is 31.5 Å². The van der Waals surface area contributed by atoms with E-state index in [1.807, 2.05) is 0 Å². The Hall–Kier alpha value is -1.30. The van der Waals surface area contributed by atoms with Gasteiger partial charge >= 0.3 is 6.03 Å². The first-order chi connectivity index (χ1) is 10.5. The number of halogens is 1. The van der Waals surface area contributed by atoms with Crippen LogP contribution in [0.1, 0.15) is 20.3 Å². The Morgan fingerprint density at radius 3 is 2.55 bits per heavy atom. The first-order valence-electron chi connectivity index (χ1n) is 7.82. The maximum atomic E-state index is 11.8. The van der Waals surface area contributed by atoms with E-state index in [2.05, 4.69) is 24.5 Å². The molecule has 0 aliphatic carbocycles. The monoisotopic (exact) mass is 326 g/mol. The highest BCUT2D eigenvalue weighted by molar-refractivity contribution is 6.30. The first kappa shape index (κ1) is 17.1. The molecule has 22 heavy (non-hydrogen) atoms. The average molecular weight is 327 g/mol. The van der Waals surface area contributed by atoms with Gasteiger partial charge in [-0.25, -0.2) is 4.79 Å². The summed E-state index contributed by atoms with van der Waals surface area (Å²) in [5.74, 6) is 0. The number of nitrogens with one attached hydrogen (secondary N) is 3. The van der Waals surface area contributed by atoms with E-state index in [1.165, 1.54) is 0 Å². The number of rotatable bonds is 5. The molecule has 1 saturated heterocycles. The first-order valence-corrected chi connectivity index (χ1v) is 8.20. The summed E-state index contributed by atoms with van der Waals surface area (Å²) in [6, 6.07) is 6.88. The Kier molecular flexibility index (Phi) is 6.49. The number of hydrogen-bond donors (Lipinski definition) is 3. The van der Waals surface area contributed by atoms with Crippen molar-refractivity contribution < 1.29 is 14.4 Å². The van der Waals surface area contributed by atoms with Crippen LogP contribution in [0.25, 0.3) is 0 Å². The molecule has 0 spiro atoms. The maximum Gasteiger partial charge on any atom is 0.319 e. The number of urea groups is 1. The lowest BCUT2D eigenvalue weighted by Crippen LogP contribution is -3.15. The highest BCUT2D eigenvalue weighted by Gasteiger charge is 2.24. The molecular formula is C16H25ClN3O2+. The van der Waals surface area contributed by atoms with Crippen LogP contribution in [-0.2, 0) is 4.74 Å². The Balaban J connectivity index is 1.62. The van der Waals surface area contributed by atoms with Crippen LogP contribution in [0.4, 0.5) is 10.5 Å². The summed E-state index contributed by atoms with van der Waals surface area (Å²) in [6.07, 6.45) is 1.60. The second-order valence-corrected chi connectivity index (χ2v) is 6.34. The van der Waals surface area contributed by atoms with Gasteiger partial charge in [0.2, 0.25) is 0 Å². The number of ether oxygens (including phenoxy) is 1. The highest BCUT2D eigenvalue weighted by atomic mass is 35.5. The summed E-state index contributed by atoms with van der Waals surface area (Å²) in [7, 11) is 0. The van der Waals surface area contributed by atoms with Crippen LogP contribution >= 0.6 is 11.6 Å². The molecule has 0 radical (unpaired) electrons. The van der Waals surface area contributed by atoms with Gasteiger partial charge < -0.3 is 20.3 Å². The summed E-state index contributed by atoms with van der Waals surface area (Å²) in [6.45, 7) is 8.05. The highest BCUT2D eigenvalue weighted by Crippen LogP contribution is 2.12. The van der Waals surface area contributed by atoms with Gasteiger partial charge in [0.1, 0.15) is 25.3 Å². The molecule has 1 aromatic rings. The number of hydrogen-bond acceptors (Lipinski definition) is 2. The molecule has 1 heterocycles. The lowest BCUT2D eigenvalue weighted by Gasteiger charge is -2.32. The Morgan fingerprint density at radius 1 is 1.27 bits per heavy atom. The largest absolute Gasteiger partial charge is 0.364 e. The zero-order valence-electron chi connectivity index (χ0n) is 13.2. The lowest BCUT2D eigenvalue weighted by molar-refractivity contribution is -0.915. The van der Waals surface area contributed by atoms with E-state index >= 15 is 0 Å². The standard InChI is InChI=1S/C16H24ClN3O2/c1-12-10-20(11-13(2)22-12)9-3-8-18-16(21)19-15-6-4-14(17)5-7-15/h4-7,12-13H,3,8-11H2,1-2H3,(H2,18,19,21)/p+1/t12-,13-/m1/s1. The van der Waals surface area contributed by atoms with E-state index < -0.39 is 0 Å². The zero-order chi connectivity index (χ0) is 15.9. The molecule has 2 atom stereocenters. The minimum Gasteiger partial charge on any atom is -0.364 e. The summed E-state index contributed by atoms with van der Waals surface area (Å²) in [5.41, 5.74) is 0.739. The van der Waals surface area contributed by atoms with Crippen LogP contribution in [-0.4, -0.2) is 44.4 Å². The fraction of sp³-hybridized carbons (Fsp3) is 0.562. The summed E-state index contributed by atoms with van der Waals surface area (Å²) in [4.78, 5) is 13.3. The molecule has 0 bridgehead atoms. The number of carbonyl (C=O) groups excluding carboxylic acids is 1. The lowest BCUT2D eigenvalue weighted by atomic mass is 10.2. The second kappa shape index (κ2) is 8.36. The maximum absolute atomic E-state index is 11.8. The minimum atomic E-state index is -0.180. The number of benzene rings is 1. The van der Waals surface area contributed by atoms with Crippen LogP contribution < -0.4 is 15.5 Å². The predicted octanol–water partition coefficient (Wildman–Crippen LogP) is 1.54. The molecule has 1 fully saturated rings. The molecule has 6 heteroatoms. The molecule has 1 aliphatic heterocycles. The van der Waals surface area contributed by atoms with Gasteiger partial charge in [0.25, 0.3) is 0 Å². The molecule has 0 unspecified atom stereocenters. The van der Waals surface area contributed by atoms with Crippen molar-refractivity contribution >= 4 is 23.3 Å². The van der Waals surface area contributed by atoms with Crippen molar-refractivity contribution in [1.29, 1.82) is 0 Å². The predicted molar refractivity (Wildman–Crippen MR) is 88.7 cm³/mol. The fourth-order valence-corrected chi connectivity index (χ4v) is 2.97. The van der Waals surface area contributed by atoms with Gasteiger partial charge in [-0.2, -0.15) is 0 Å². The number of amides is 2. The third-order valence-electron chi connectivity index (χ3n) is 3.71. The van der Waals surface area contributed by atoms with Gasteiger partial charge in [0, 0.05) is 23.7 Å². The number of carbonyl (C=O) groups is 1. The van der Waals surface area contributed by atoms with Gasteiger partial charge in [-0.05, 0) is 38.1 Å². The molecule has 0 saturated carbocycles. The summed E-state index contributed by atoms with van der Waals surface area (Å²) >= 11 is 5.81. The molecule has 1 aromatic carbocycles. The van der Waals surface area contributed by atoms with E-state index in [0.717, 1.165) is 31.7 Å². The molecule has 5 nitrogen and oxygen atoms in total. The van der Waals surface area contributed by atoms with Crippen LogP contribution in [0.2, 0.25) is 5.02 Å². The van der Waals surface area contributed by atoms with Crippen LogP contribution in [0.15, 0.2) is 24.3 Å². The zero-order valence-corrected chi connectivity index (χ0v) is 14.0. The van der Waals surface area contributed by atoms with Gasteiger partial charge in [0.15, 0.2) is 0 Å². The normalized spacial score (nSPS) is 24.8. The molecule has 0 aromatic heterocycles. The molecule has 2 rings (SSSR count). The van der Waals surface area contributed by atoms with Crippen molar-refractivity contribution in [2.24, 2.45) is 0 Å². The van der Waals surface area contributed by atoms with Crippen LogP contribution in [0, 0.1) is 0 Å². The third-order valence-corrected chi connectivity index (χ3v) is 3.96. The molecule has 122 valence electrons. The van der Waals surface area contributed by atoms with E-state index in [-0.39, 0.29) is 6.03 Å². The second-order valence-electron chi connectivity index (χ2n) is 5.91. The number of quaternary nitrogens is 1. The molecule has 2 amide bonds. The van der Waals surface area contributed by atoms with Gasteiger partial charge in [0.05, 0.1) is 6.54 Å².